The van der Waals surface area contributed by atoms with Crippen LogP contribution in [0.15, 0.2) is 60.8 Å². The minimum absolute atomic E-state index is 0.0526. The Bertz CT molecular complexity index is 1240. The van der Waals surface area contributed by atoms with Gasteiger partial charge >= 0.3 is 7.82 Å². The Morgan fingerprint density at radius 2 is 0.892 bits per heavy atom. The van der Waals surface area contributed by atoms with Crippen LogP contribution in [-0.2, 0) is 18.4 Å². The Kier molecular flexibility index (Phi) is 46.0. The minimum atomic E-state index is -4.35. The van der Waals surface area contributed by atoms with E-state index in [0.717, 1.165) is 51.4 Å². The smallest absolute Gasteiger partial charge is 0.387 e. The number of carbonyl (C=O) groups is 1. The molecule has 65 heavy (non-hydrogen) atoms. The molecule has 8 nitrogen and oxygen atoms in total. The van der Waals surface area contributed by atoms with Crippen LogP contribution in [0.5, 0.6) is 0 Å². The maximum atomic E-state index is 12.9. The number of allylic oxidation sites excluding steroid dienone is 9. The summed E-state index contributed by atoms with van der Waals surface area (Å²) in [5.41, 5.74) is 0. The van der Waals surface area contributed by atoms with E-state index < -0.39 is 20.0 Å². The molecule has 0 bridgehead atoms. The summed E-state index contributed by atoms with van der Waals surface area (Å²) in [7, 11) is 1.55. The summed E-state index contributed by atoms with van der Waals surface area (Å²) in [6, 6.07) is -0.870. The van der Waals surface area contributed by atoms with Crippen molar-refractivity contribution in [3.63, 3.8) is 0 Å². The number of hydrogen-bond donors (Lipinski definition) is 3. The fourth-order valence-electron chi connectivity index (χ4n) is 7.63. The van der Waals surface area contributed by atoms with Crippen molar-refractivity contribution < 1.29 is 32.9 Å². The van der Waals surface area contributed by atoms with Crippen molar-refractivity contribution in [1.82, 2.24) is 5.32 Å². The number of carbonyl (C=O) groups excluding carboxylic acids is 1. The van der Waals surface area contributed by atoms with E-state index in [9.17, 15) is 19.4 Å². The molecular weight excluding hydrogens is 828 g/mol. The second kappa shape index (κ2) is 47.3. The standard InChI is InChI=1S/C56H105N2O6P/c1-6-8-10-12-14-16-18-20-22-23-24-25-26-27-28-29-30-31-32-33-34-35-36-38-40-42-44-46-48-50-56(60)57-54(53-64-65(61,62)63-52-51-58(3,4)5)55(59)49-47-45-43-41-39-37-21-19-17-15-13-11-9-7-2/h17-20,23-24,39,41,47,49,54-55,59H,6-16,21-22,25-38,40,42-46,48,50-53H2,1-5H3,(H-,57,60,61,62)/p+1/b19-17+,20-18-,24-23-,41-39+,49-47+. The normalized spacial score (nSPS) is 14.5. The molecule has 1 amide bonds. The molecule has 3 unspecified atom stereocenters. The maximum Gasteiger partial charge on any atom is 0.472 e. The van der Waals surface area contributed by atoms with Gasteiger partial charge in [-0.3, -0.25) is 13.8 Å². The molecule has 0 aromatic heterocycles. The molecule has 9 heteroatoms. The van der Waals surface area contributed by atoms with Crippen LogP contribution in [0.1, 0.15) is 239 Å². The average Bonchev–Trinajstić information content (AvgIpc) is 3.26. The lowest BCUT2D eigenvalue weighted by molar-refractivity contribution is -0.870. The van der Waals surface area contributed by atoms with Crippen LogP contribution < -0.4 is 5.32 Å². The Labute approximate surface area is 402 Å². The van der Waals surface area contributed by atoms with Gasteiger partial charge in [0.2, 0.25) is 5.91 Å². The number of hydrogen-bond acceptors (Lipinski definition) is 5. The summed E-state index contributed by atoms with van der Waals surface area (Å²) in [6.45, 7) is 4.76. The second-order valence-electron chi connectivity index (χ2n) is 19.6. The lowest BCUT2D eigenvalue weighted by Gasteiger charge is -2.25. The van der Waals surface area contributed by atoms with Crippen LogP contribution in [0.2, 0.25) is 0 Å². The molecule has 3 N–H and O–H groups in total. The second-order valence-corrected chi connectivity index (χ2v) is 21.0. The number of phosphoric ester groups is 1. The number of phosphoric acid groups is 1. The lowest BCUT2D eigenvalue weighted by Crippen LogP contribution is -2.45. The number of amides is 1. The lowest BCUT2D eigenvalue weighted by atomic mass is 10.0. The molecule has 0 saturated heterocycles. The van der Waals surface area contributed by atoms with Crippen molar-refractivity contribution in [1.29, 1.82) is 0 Å². The summed E-state index contributed by atoms with van der Waals surface area (Å²) in [5.74, 6) is -0.191. The molecule has 0 rings (SSSR count). The zero-order chi connectivity index (χ0) is 47.8. The largest absolute Gasteiger partial charge is 0.472 e. The number of aliphatic hydroxyl groups excluding tert-OH is 1. The minimum Gasteiger partial charge on any atom is -0.387 e. The summed E-state index contributed by atoms with van der Waals surface area (Å²) in [5, 5.41) is 13.8. The van der Waals surface area contributed by atoms with Gasteiger partial charge < -0.3 is 19.8 Å². The number of nitrogens with one attached hydrogen (secondary N) is 1. The first kappa shape index (κ1) is 63.2. The number of likely N-dealkylation sites (N-methyl/N-ethyl adjacent to an activating group) is 1. The van der Waals surface area contributed by atoms with Gasteiger partial charge in [0, 0.05) is 6.42 Å². The van der Waals surface area contributed by atoms with Crippen molar-refractivity contribution in [2.75, 3.05) is 40.9 Å². The maximum absolute atomic E-state index is 12.9. The monoisotopic (exact) mass is 934 g/mol. The van der Waals surface area contributed by atoms with Crippen molar-refractivity contribution in [3.8, 4) is 0 Å². The summed E-state index contributed by atoms with van der Waals surface area (Å²) in [4.78, 5) is 23.2. The highest BCUT2D eigenvalue weighted by Gasteiger charge is 2.27. The number of nitrogens with zero attached hydrogens (tertiary/aromatic N) is 1. The molecule has 0 aliphatic heterocycles. The molecule has 0 radical (unpaired) electrons. The van der Waals surface area contributed by atoms with Crippen LogP contribution in [0.25, 0.3) is 0 Å². The van der Waals surface area contributed by atoms with Gasteiger partial charge in [0.15, 0.2) is 0 Å². The van der Waals surface area contributed by atoms with Crippen LogP contribution in [-0.4, -0.2) is 73.4 Å². The first-order valence-corrected chi connectivity index (χ1v) is 28.7. The van der Waals surface area contributed by atoms with Crippen molar-refractivity contribution in [2.24, 2.45) is 0 Å². The zero-order valence-corrected chi connectivity index (χ0v) is 44.1. The molecule has 0 heterocycles. The van der Waals surface area contributed by atoms with Crippen LogP contribution in [0.4, 0.5) is 0 Å². The van der Waals surface area contributed by atoms with Gasteiger partial charge in [-0.2, -0.15) is 0 Å². The summed E-state index contributed by atoms with van der Waals surface area (Å²) < 4.78 is 23.6. The first-order valence-electron chi connectivity index (χ1n) is 27.2. The fraction of sp³-hybridized carbons (Fsp3) is 0.804. The highest BCUT2D eigenvalue weighted by Crippen LogP contribution is 2.43. The number of unbranched alkanes of at least 4 members (excludes halogenated alkanes) is 28. The van der Waals surface area contributed by atoms with Gasteiger partial charge in [0.25, 0.3) is 0 Å². The van der Waals surface area contributed by atoms with Gasteiger partial charge in [-0.25, -0.2) is 4.57 Å². The van der Waals surface area contributed by atoms with E-state index in [1.165, 1.54) is 167 Å². The molecule has 0 aliphatic rings. The predicted octanol–water partition coefficient (Wildman–Crippen LogP) is 16.1. The third-order valence-corrected chi connectivity index (χ3v) is 12.9. The number of quaternary nitrogens is 1. The van der Waals surface area contributed by atoms with E-state index in [1.807, 2.05) is 27.2 Å². The number of aliphatic hydroxyl groups is 1. The topological polar surface area (TPSA) is 105 Å². The number of rotatable bonds is 49. The van der Waals surface area contributed by atoms with E-state index in [0.29, 0.717) is 17.4 Å². The Balaban J connectivity index is 4.15. The fourth-order valence-corrected chi connectivity index (χ4v) is 8.37. The highest BCUT2D eigenvalue weighted by molar-refractivity contribution is 7.47. The first-order chi connectivity index (χ1) is 31.5. The Hall–Kier alpha value is -1.80. The van der Waals surface area contributed by atoms with Gasteiger partial charge in [-0.05, 0) is 77.0 Å². The van der Waals surface area contributed by atoms with E-state index >= 15 is 0 Å². The zero-order valence-electron chi connectivity index (χ0n) is 43.2. The van der Waals surface area contributed by atoms with Gasteiger partial charge in [-0.15, -0.1) is 0 Å². The van der Waals surface area contributed by atoms with E-state index in [4.69, 9.17) is 9.05 Å². The van der Waals surface area contributed by atoms with Gasteiger partial charge in [-0.1, -0.05) is 216 Å². The van der Waals surface area contributed by atoms with Gasteiger partial charge in [0.05, 0.1) is 39.9 Å². The quantitative estimate of drug-likeness (QED) is 0.0243. The van der Waals surface area contributed by atoms with E-state index in [2.05, 4.69) is 67.8 Å². The summed E-state index contributed by atoms with van der Waals surface area (Å²) >= 11 is 0. The van der Waals surface area contributed by atoms with Crippen molar-refractivity contribution in [3.05, 3.63) is 60.8 Å². The van der Waals surface area contributed by atoms with Crippen LogP contribution in [0.3, 0.4) is 0 Å². The molecule has 0 aliphatic carbocycles. The molecule has 0 spiro atoms. The van der Waals surface area contributed by atoms with Crippen LogP contribution >= 0.6 is 7.82 Å². The highest BCUT2D eigenvalue weighted by atomic mass is 31.2. The molecule has 0 fully saturated rings. The molecule has 3 atom stereocenters. The van der Waals surface area contributed by atoms with Gasteiger partial charge in [0.1, 0.15) is 13.2 Å². The Morgan fingerprint density at radius 3 is 1.34 bits per heavy atom. The molecular formula is C56H106N2O6P+. The average molecular weight is 934 g/mol. The predicted molar refractivity (Wildman–Crippen MR) is 281 cm³/mol. The Morgan fingerprint density at radius 1 is 0.523 bits per heavy atom. The van der Waals surface area contributed by atoms with Crippen molar-refractivity contribution in [2.45, 2.75) is 251 Å². The molecule has 0 saturated carbocycles. The molecule has 0 aromatic carbocycles. The summed E-state index contributed by atoms with van der Waals surface area (Å²) in [6.07, 6.45) is 63.2. The van der Waals surface area contributed by atoms with E-state index in [-0.39, 0.29) is 19.1 Å². The van der Waals surface area contributed by atoms with Crippen molar-refractivity contribution >= 4 is 13.7 Å². The molecule has 380 valence electrons. The SMILES string of the molecule is CCCCCC/C=C/CC/C=C/CC/C=C/C(O)C(COP(=O)(O)OCC[N+](C)(C)C)NC(=O)CCCCCCCCCCCCCCCCCCC/C=C\C/C=C\CCCCCCC. The third kappa shape index (κ3) is 49.9. The van der Waals surface area contributed by atoms with Crippen LogP contribution in [0, 0.1) is 0 Å². The molecule has 0 aromatic rings. The van der Waals surface area contributed by atoms with E-state index in [1.54, 1.807) is 6.08 Å². The third-order valence-electron chi connectivity index (χ3n) is 11.9.